The predicted octanol–water partition coefficient (Wildman–Crippen LogP) is 0.254. The van der Waals surface area contributed by atoms with Gasteiger partial charge in [0, 0.05) is 0 Å². The second-order valence-corrected chi connectivity index (χ2v) is 3.11. The van der Waals surface area contributed by atoms with Crippen molar-refractivity contribution >= 4 is 23.6 Å². The largest absolute Gasteiger partial charge is 0.463 e. The fourth-order valence-corrected chi connectivity index (χ4v) is 1.45. The molecule has 1 N–H and O–H groups in total. The molecule has 1 saturated heterocycles. The second-order valence-electron chi connectivity index (χ2n) is 2.10. The van der Waals surface area contributed by atoms with Gasteiger partial charge in [0.05, 0.1) is 23.5 Å². The highest BCUT2D eigenvalue weighted by Gasteiger charge is 2.15. The number of carbonyl (C=O) groups is 2. The zero-order chi connectivity index (χ0) is 8.97. The van der Waals surface area contributed by atoms with E-state index < -0.39 is 5.97 Å². The third-order valence-electron chi connectivity index (χ3n) is 1.16. The lowest BCUT2D eigenvalue weighted by Gasteiger charge is -1.96. The van der Waals surface area contributed by atoms with Crippen molar-refractivity contribution < 1.29 is 14.3 Å². The van der Waals surface area contributed by atoms with Crippen LogP contribution in [0.4, 0.5) is 0 Å². The first-order chi connectivity index (χ1) is 5.72. The molecule has 1 rings (SSSR count). The van der Waals surface area contributed by atoms with Gasteiger partial charge in [0.1, 0.15) is 0 Å². The fraction of sp³-hybridized carbons (Fsp3) is 0.429. The predicted molar refractivity (Wildman–Crippen MR) is 45.3 cm³/mol. The van der Waals surface area contributed by atoms with Crippen molar-refractivity contribution in [1.82, 2.24) is 5.32 Å². The van der Waals surface area contributed by atoms with Crippen LogP contribution in [0.1, 0.15) is 6.92 Å². The van der Waals surface area contributed by atoms with E-state index in [1.807, 2.05) is 0 Å². The highest BCUT2D eigenvalue weighted by molar-refractivity contribution is 8.04. The fourth-order valence-electron chi connectivity index (χ4n) is 0.722. The molecule has 0 aromatic heterocycles. The van der Waals surface area contributed by atoms with E-state index in [0.29, 0.717) is 17.4 Å². The summed E-state index contributed by atoms with van der Waals surface area (Å²) in [4.78, 5) is 21.5. The summed E-state index contributed by atoms with van der Waals surface area (Å²) in [5, 5.41) is 3.10. The molecule has 0 saturated carbocycles. The van der Waals surface area contributed by atoms with E-state index in [1.165, 1.54) is 17.8 Å². The first-order valence-corrected chi connectivity index (χ1v) is 4.52. The molecule has 12 heavy (non-hydrogen) atoms. The van der Waals surface area contributed by atoms with E-state index >= 15 is 0 Å². The number of thioether (sulfide) groups is 1. The van der Waals surface area contributed by atoms with E-state index in [-0.39, 0.29) is 5.91 Å². The van der Waals surface area contributed by atoms with E-state index in [4.69, 9.17) is 0 Å². The molecule has 0 aliphatic carbocycles. The number of carbonyl (C=O) groups excluding carboxylic acids is 2. The maximum atomic E-state index is 10.8. The Kier molecular flexibility index (Phi) is 3.16. The van der Waals surface area contributed by atoms with Crippen LogP contribution in [0.5, 0.6) is 0 Å². The zero-order valence-electron chi connectivity index (χ0n) is 6.62. The Labute approximate surface area is 74.3 Å². The molecule has 0 radical (unpaired) electrons. The molecular weight excluding hydrogens is 178 g/mol. The van der Waals surface area contributed by atoms with Crippen molar-refractivity contribution in [2.24, 2.45) is 0 Å². The van der Waals surface area contributed by atoms with Gasteiger partial charge in [0.25, 0.3) is 0 Å². The van der Waals surface area contributed by atoms with Gasteiger partial charge in [-0.2, -0.15) is 0 Å². The molecule has 1 amide bonds. The Morgan fingerprint density at radius 2 is 2.58 bits per heavy atom. The van der Waals surface area contributed by atoms with Crippen LogP contribution >= 0.6 is 11.8 Å². The molecule has 1 heterocycles. The highest BCUT2D eigenvalue weighted by atomic mass is 32.2. The van der Waals surface area contributed by atoms with E-state index in [1.54, 1.807) is 6.92 Å². The summed E-state index contributed by atoms with van der Waals surface area (Å²) < 4.78 is 4.66. The maximum absolute atomic E-state index is 10.8. The van der Waals surface area contributed by atoms with Crippen molar-refractivity contribution in [2.45, 2.75) is 6.92 Å². The topological polar surface area (TPSA) is 55.4 Å². The summed E-state index contributed by atoms with van der Waals surface area (Å²) in [7, 11) is 0. The first kappa shape index (κ1) is 9.12. The summed E-state index contributed by atoms with van der Waals surface area (Å²) in [6, 6.07) is 0. The van der Waals surface area contributed by atoms with Gasteiger partial charge in [-0.1, -0.05) is 11.8 Å². The lowest BCUT2D eigenvalue weighted by molar-refractivity contribution is -0.137. The third-order valence-corrected chi connectivity index (χ3v) is 2.09. The average molecular weight is 187 g/mol. The summed E-state index contributed by atoms with van der Waals surface area (Å²) in [5.41, 5.74) is 0. The maximum Gasteiger partial charge on any atom is 0.333 e. The van der Waals surface area contributed by atoms with Gasteiger partial charge in [-0.15, -0.1) is 0 Å². The minimum Gasteiger partial charge on any atom is -0.463 e. The average Bonchev–Trinajstić information content (AvgIpc) is 2.36. The Morgan fingerprint density at radius 3 is 3.08 bits per heavy atom. The summed E-state index contributed by atoms with van der Waals surface area (Å²) >= 11 is 1.30. The van der Waals surface area contributed by atoms with Gasteiger partial charge in [0.15, 0.2) is 0 Å². The van der Waals surface area contributed by atoms with Crippen molar-refractivity contribution in [1.29, 1.82) is 0 Å². The van der Waals surface area contributed by atoms with Crippen LogP contribution < -0.4 is 5.32 Å². The van der Waals surface area contributed by atoms with Crippen molar-refractivity contribution in [3.8, 4) is 0 Å². The Balaban J connectivity index is 2.46. The number of esters is 1. The SMILES string of the molecule is CCOC(=O)/C=C1/NC(=O)CS1. The lowest BCUT2D eigenvalue weighted by atomic mass is 10.6. The quantitative estimate of drug-likeness (QED) is 0.497. The van der Waals surface area contributed by atoms with Gasteiger partial charge in [-0.25, -0.2) is 4.79 Å². The number of hydrogen-bond donors (Lipinski definition) is 1. The van der Waals surface area contributed by atoms with Gasteiger partial charge < -0.3 is 10.1 Å². The third kappa shape index (κ3) is 2.58. The zero-order valence-corrected chi connectivity index (χ0v) is 7.44. The molecule has 1 aliphatic rings. The Morgan fingerprint density at radius 1 is 1.83 bits per heavy atom. The summed E-state index contributed by atoms with van der Waals surface area (Å²) in [6.07, 6.45) is 1.29. The number of nitrogens with one attached hydrogen (secondary N) is 1. The number of amides is 1. The van der Waals surface area contributed by atoms with Gasteiger partial charge >= 0.3 is 5.97 Å². The van der Waals surface area contributed by atoms with Crippen LogP contribution in [0.25, 0.3) is 0 Å². The smallest absolute Gasteiger partial charge is 0.333 e. The molecule has 4 nitrogen and oxygen atoms in total. The number of ether oxygens (including phenoxy) is 1. The molecule has 0 aromatic rings. The monoisotopic (exact) mass is 187 g/mol. The lowest BCUT2D eigenvalue weighted by Crippen LogP contribution is -2.15. The van der Waals surface area contributed by atoms with Crippen LogP contribution in [0.3, 0.4) is 0 Å². The molecule has 1 fully saturated rings. The molecule has 66 valence electrons. The van der Waals surface area contributed by atoms with Crippen LogP contribution in [0.2, 0.25) is 0 Å². The Hall–Kier alpha value is -0.970. The molecule has 0 bridgehead atoms. The standard InChI is InChI=1S/C7H9NO3S/c1-2-11-7(10)3-6-8-5(9)4-12-6/h3H,2,4H2,1H3,(H,8,9)/b6-3-. The Bertz CT molecular complexity index is 237. The van der Waals surface area contributed by atoms with Crippen LogP contribution in [-0.4, -0.2) is 24.2 Å². The van der Waals surface area contributed by atoms with Crippen molar-refractivity contribution in [2.75, 3.05) is 12.4 Å². The van der Waals surface area contributed by atoms with Gasteiger partial charge in [-0.3, -0.25) is 4.79 Å². The molecule has 1 aliphatic heterocycles. The van der Waals surface area contributed by atoms with E-state index in [2.05, 4.69) is 10.1 Å². The summed E-state index contributed by atoms with van der Waals surface area (Å²) in [6.45, 7) is 2.08. The minimum absolute atomic E-state index is 0.0736. The number of rotatable bonds is 2. The summed E-state index contributed by atoms with van der Waals surface area (Å²) in [5.74, 6) is -0.108. The molecule has 0 aromatic carbocycles. The van der Waals surface area contributed by atoms with Gasteiger partial charge in [0.2, 0.25) is 5.91 Å². The van der Waals surface area contributed by atoms with Crippen LogP contribution in [0, 0.1) is 0 Å². The molecule has 0 atom stereocenters. The van der Waals surface area contributed by atoms with E-state index in [9.17, 15) is 9.59 Å². The normalized spacial score (nSPS) is 19.4. The van der Waals surface area contributed by atoms with E-state index in [0.717, 1.165) is 0 Å². The molecule has 0 spiro atoms. The first-order valence-electron chi connectivity index (χ1n) is 3.53. The second kappa shape index (κ2) is 4.15. The van der Waals surface area contributed by atoms with Crippen LogP contribution in [0.15, 0.2) is 11.1 Å². The van der Waals surface area contributed by atoms with Crippen LogP contribution in [-0.2, 0) is 14.3 Å². The molecule has 0 unspecified atom stereocenters. The van der Waals surface area contributed by atoms with Gasteiger partial charge in [-0.05, 0) is 6.92 Å². The molecular formula is C7H9NO3S. The molecule has 5 heteroatoms. The number of hydrogen-bond acceptors (Lipinski definition) is 4. The van der Waals surface area contributed by atoms with Crippen molar-refractivity contribution in [3.63, 3.8) is 0 Å². The minimum atomic E-state index is -0.415. The highest BCUT2D eigenvalue weighted by Crippen LogP contribution is 2.18. The van der Waals surface area contributed by atoms with Crippen molar-refractivity contribution in [3.05, 3.63) is 11.1 Å².